The van der Waals surface area contributed by atoms with Crippen LogP contribution in [0.25, 0.3) is 0 Å². The Labute approximate surface area is 132 Å². The number of halogens is 1. The van der Waals surface area contributed by atoms with Crippen LogP contribution in [-0.4, -0.2) is 11.0 Å². The number of rotatable bonds is 5. The van der Waals surface area contributed by atoms with E-state index in [1.165, 1.54) is 12.1 Å². The molecule has 0 heterocycles. The van der Waals surface area contributed by atoms with Crippen molar-refractivity contribution in [2.75, 3.05) is 4.90 Å². The Bertz CT molecular complexity index is 797. The van der Waals surface area contributed by atoms with Crippen molar-refractivity contribution in [2.24, 2.45) is 0 Å². The number of nitriles is 1. The first-order chi connectivity index (χ1) is 11.1. The highest BCUT2D eigenvalue weighted by Gasteiger charge is 2.32. The van der Waals surface area contributed by atoms with Crippen molar-refractivity contribution in [1.82, 2.24) is 0 Å². The van der Waals surface area contributed by atoms with Crippen LogP contribution < -0.4 is 4.90 Å². The predicted octanol–water partition coefficient (Wildman–Crippen LogP) is 3.77. The molecular weight excluding hydrogens is 297 g/mol. The Morgan fingerprint density at radius 2 is 2.00 bits per heavy atom. The molecule has 23 heavy (non-hydrogen) atoms. The Morgan fingerprint density at radius 1 is 1.26 bits per heavy atom. The van der Waals surface area contributed by atoms with Crippen LogP contribution in [0.15, 0.2) is 42.5 Å². The summed E-state index contributed by atoms with van der Waals surface area (Å²) in [4.78, 5) is 12.7. The van der Waals surface area contributed by atoms with Gasteiger partial charge in [-0.05, 0) is 25.0 Å². The number of nitrogens with zero attached hydrogens (tertiary/aromatic N) is 3. The monoisotopic (exact) mass is 311 g/mol. The molecule has 1 saturated carbocycles. The molecule has 0 N–H and O–H groups in total. The van der Waals surface area contributed by atoms with Crippen molar-refractivity contribution in [1.29, 1.82) is 5.26 Å². The van der Waals surface area contributed by atoms with Crippen molar-refractivity contribution in [2.45, 2.75) is 25.4 Å². The summed E-state index contributed by atoms with van der Waals surface area (Å²) in [7, 11) is 0. The minimum absolute atomic E-state index is 0.0158. The molecule has 0 radical (unpaired) electrons. The number of nitro benzene ring substituents is 1. The van der Waals surface area contributed by atoms with Gasteiger partial charge in [-0.2, -0.15) is 5.26 Å². The lowest BCUT2D eigenvalue weighted by Crippen LogP contribution is -2.26. The zero-order chi connectivity index (χ0) is 16.4. The molecule has 1 fully saturated rings. The minimum atomic E-state index is -0.571. The van der Waals surface area contributed by atoms with Crippen LogP contribution in [0.2, 0.25) is 0 Å². The van der Waals surface area contributed by atoms with Gasteiger partial charge >= 0.3 is 0 Å². The molecule has 0 atom stereocenters. The Morgan fingerprint density at radius 3 is 2.65 bits per heavy atom. The van der Waals surface area contributed by atoms with Gasteiger partial charge in [-0.15, -0.1) is 0 Å². The summed E-state index contributed by atoms with van der Waals surface area (Å²) in [6.07, 6.45) is 1.87. The second-order valence-corrected chi connectivity index (χ2v) is 5.49. The number of para-hydroxylation sites is 1. The Kier molecular flexibility index (Phi) is 3.94. The first kappa shape index (κ1) is 15.0. The lowest BCUT2D eigenvalue weighted by molar-refractivity contribution is -0.385. The van der Waals surface area contributed by atoms with Crippen molar-refractivity contribution < 1.29 is 9.31 Å². The molecule has 0 amide bonds. The molecule has 0 bridgehead atoms. The van der Waals surface area contributed by atoms with Gasteiger partial charge in [-0.3, -0.25) is 10.1 Å². The molecule has 0 aromatic heterocycles. The van der Waals surface area contributed by atoms with E-state index in [-0.39, 0.29) is 23.8 Å². The molecule has 0 aliphatic heterocycles. The van der Waals surface area contributed by atoms with Crippen LogP contribution in [-0.2, 0) is 6.54 Å². The van der Waals surface area contributed by atoms with Crippen molar-refractivity contribution >= 4 is 11.4 Å². The van der Waals surface area contributed by atoms with Gasteiger partial charge < -0.3 is 4.90 Å². The third kappa shape index (κ3) is 2.99. The van der Waals surface area contributed by atoms with Gasteiger partial charge in [-0.1, -0.05) is 24.3 Å². The maximum Gasteiger partial charge on any atom is 0.274 e. The molecule has 2 aromatic carbocycles. The molecule has 116 valence electrons. The van der Waals surface area contributed by atoms with E-state index in [2.05, 4.69) is 0 Å². The molecule has 0 unspecified atom stereocenters. The van der Waals surface area contributed by atoms with Crippen LogP contribution in [0.5, 0.6) is 0 Å². The van der Waals surface area contributed by atoms with Crippen LogP contribution >= 0.6 is 0 Å². The highest BCUT2D eigenvalue weighted by Crippen LogP contribution is 2.36. The smallest absolute Gasteiger partial charge is 0.274 e. The fourth-order valence-corrected chi connectivity index (χ4v) is 2.67. The Balaban J connectivity index is 2.01. The summed E-state index contributed by atoms with van der Waals surface area (Å²) >= 11 is 0. The highest BCUT2D eigenvalue weighted by molar-refractivity contribution is 5.62. The number of nitro groups is 1. The van der Waals surface area contributed by atoms with E-state index in [9.17, 15) is 19.8 Å². The molecule has 0 saturated heterocycles. The van der Waals surface area contributed by atoms with Crippen LogP contribution in [0.4, 0.5) is 15.8 Å². The number of hydrogen-bond donors (Lipinski definition) is 0. The zero-order valence-electron chi connectivity index (χ0n) is 12.3. The summed E-state index contributed by atoms with van der Waals surface area (Å²) in [5, 5.41) is 20.4. The quantitative estimate of drug-likeness (QED) is 0.622. The highest BCUT2D eigenvalue weighted by atomic mass is 19.1. The normalized spacial score (nSPS) is 13.4. The van der Waals surface area contributed by atoms with E-state index in [0.29, 0.717) is 11.3 Å². The van der Waals surface area contributed by atoms with E-state index in [1.807, 2.05) is 11.0 Å². The van der Waals surface area contributed by atoms with Crippen molar-refractivity contribution in [3.63, 3.8) is 0 Å². The first-order valence-corrected chi connectivity index (χ1v) is 7.29. The van der Waals surface area contributed by atoms with Crippen LogP contribution in [0, 0.1) is 27.3 Å². The molecule has 1 aliphatic carbocycles. The largest absolute Gasteiger partial charge is 0.363 e. The standard InChI is InChI=1S/C17H14FN3O2/c18-15-5-3-7-17(14(15)10-19)20(13-8-9-13)11-12-4-1-2-6-16(12)21(22)23/h1-7,13H,8-9,11H2. The van der Waals surface area contributed by atoms with Crippen molar-refractivity contribution in [3.8, 4) is 6.07 Å². The summed E-state index contributed by atoms with van der Waals surface area (Å²) < 4.78 is 13.9. The van der Waals surface area contributed by atoms with Gasteiger partial charge in [0.15, 0.2) is 0 Å². The average molecular weight is 311 g/mol. The van der Waals surface area contributed by atoms with E-state index in [1.54, 1.807) is 30.3 Å². The summed E-state index contributed by atoms with van der Waals surface area (Å²) in [6, 6.07) is 13.1. The lowest BCUT2D eigenvalue weighted by atomic mass is 10.1. The fourth-order valence-electron chi connectivity index (χ4n) is 2.67. The van der Waals surface area contributed by atoms with Crippen LogP contribution in [0.1, 0.15) is 24.0 Å². The molecule has 6 heteroatoms. The molecular formula is C17H14FN3O2. The third-order valence-corrected chi connectivity index (χ3v) is 3.93. The van der Waals surface area contributed by atoms with Gasteiger partial charge in [0.05, 0.1) is 17.2 Å². The molecule has 3 rings (SSSR count). The Hall–Kier alpha value is -2.94. The van der Waals surface area contributed by atoms with Gasteiger partial charge in [0.2, 0.25) is 0 Å². The number of benzene rings is 2. The maximum absolute atomic E-state index is 13.9. The SMILES string of the molecule is N#Cc1c(F)cccc1N(Cc1ccccc1[N+](=O)[O-])C1CC1. The van der Waals surface area contributed by atoms with E-state index < -0.39 is 10.7 Å². The summed E-state index contributed by atoms with van der Waals surface area (Å²) in [5.74, 6) is -0.571. The third-order valence-electron chi connectivity index (χ3n) is 3.93. The molecule has 5 nitrogen and oxygen atoms in total. The minimum Gasteiger partial charge on any atom is -0.363 e. The number of anilines is 1. The maximum atomic E-state index is 13.9. The second-order valence-electron chi connectivity index (χ2n) is 5.49. The van der Waals surface area contributed by atoms with Gasteiger partial charge in [0.1, 0.15) is 17.4 Å². The van der Waals surface area contributed by atoms with Gasteiger partial charge in [0.25, 0.3) is 5.69 Å². The first-order valence-electron chi connectivity index (χ1n) is 7.29. The topological polar surface area (TPSA) is 70.2 Å². The van der Waals surface area contributed by atoms with E-state index in [0.717, 1.165) is 12.8 Å². The van der Waals surface area contributed by atoms with Gasteiger partial charge in [-0.25, -0.2) is 4.39 Å². The molecule has 1 aliphatic rings. The van der Waals surface area contributed by atoms with Crippen LogP contribution in [0.3, 0.4) is 0 Å². The fraction of sp³-hybridized carbons (Fsp3) is 0.235. The van der Waals surface area contributed by atoms with E-state index in [4.69, 9.17) is 0 Å². The molecule has 2 aromatic rings. The van der Waals surface area contributed by atoms with Crippen molar-refractivity contribution in [3.05, 3.63) is 69.5 Å². The average Bonchev–Trinajstić information content (AvgIpc) is 3.37. The summed E-state index contributed by atoms with van der Waals surface area (Å²) in [6.45, 7) is 0.278. The number of hydrogen-bond acceptors (Lipinski definition) is 4. The zero-order valence-corrected chi connectivity index (χ0v) is 12.3. The summed E-state index contributed by atoms with van der Waals surface area (Å²) in [5.41, 5.74) is 1.07. The second kappa shape index (κ2) is 6.05. The van der Waals surface area contributed by atoms with E-state index >= 15 is 0 Å². The lowest BCUT2D eigenvalue weighted by Gasteiger charge is -2.25. The molecule has 0 spiro atoms. The van der Waals surface area contributed by atoms with Gasteiger partial charge in [0, 0.05) is 17.7 Å². The predicted molar refractivity (Wildman–Crippen MR) is 83.4 cm³/mol.